The van der Waals surface area contributed by atoms with Gasteiger partial charge in [0.15, 0.2) is 0 Å². The van der Waals surface area contributed by atoms with Crippen LogP contribution in [-0.4, -0.2) is 43.6 Å². The van der Waals surface area contributed by atoms with Gasteiger partial charge in [-0.1, -0.05) is 30.3 Å². The molecule has 0 amide bonds. The van der Waals surface area contributed by atoms with Crippen LogP contribution in [-0.2, 0) is 4.74 Å². The summed E-state index contributed by atoms with van der Waals surface area (Å²) in [5.41, 5.74) is 7.32. The van der Waals surface area contributed by atoms with Crippen molar-refractivity contribution in [1.82, 2.24) is 14.5 Å². The molecular formula is C21H24N4O3. The third-order valence-corrected chi connectivity index (χ3v) is 6.51. The molecule has 0 unspecified atom stereocenters. The average molecular weight is 380 g/mol. The maximum absolute atomic E-state index is 10.9. The molecule has 3 heterocycles. The van der Waals surface area contributed by atoms with Gasteiger partial charge in [-0.3, -0.25) is 0 Å². The van der Waals surface area contributed by atoms with Gasteiger partial charge in [-0.2, -0.15) is 0 Å². The first-order valence-electron chi connectivity index (χ1n) is 9.69. The third-order valence-electron chi connectivity index (χ3n) is 6.51. The van der Waals surface area contributed by atoms with Crippen LogP contribution in [0.2, 0.25) is 0 Å². The first kappa shape index (κ1) is 17.6. The van der Waals surface area contributed by atoms with E-state index in [9.17, 15) is 10.2 Å². The van der Waals surface area contributed by atoms with Gasteiger partial charge in [-0.15, -0.1) is 0 Å². The number of aromatic nitrogens is 3. The summed E-state index contributed by atoms with van der Waals surface area (Å²) in [6.45, 7) is 0.428. The molecule has 0 radical (unpaired) electrons. The highest BCUT2D eigenvalue weighted by Crippen LogP contribution is 2.52. The van der Waals surface area contributed by atoms with E-state index in [1.165, 1.54) is 6.33 Å². The van der Waals surface area contributed by atoms with E-state index in [4.69, 9.17) is 10.5 Å². The smallest absolute Gasteiger partial charge is 0.145 e. The summed E-state index contributed by atoms with van der Waals surface area (Å²) >= 11 is 0. The van der Waals surface area contributed by atoms with Crippen LogP contribution in [0.3, 0.4) is 0 Å². The molecule has 1 saturated heterocycles. The molecule has 7 heteroatoms. The molecule has 5 rings (SSSR count). The van der Waals surface area contributed by atoms with Gasteiger partial charge >= 0.3 is 0 Å². The Bertz CT molecular complexity index is 982. The van der Waals surface area contributed by atoms with Gasteiger partial charge in [0.05, 0.1) is 30.2 Å². The normalized spacial score (nSPS) is 32.9. The minimum Gasteiger partial charge on any atom is -0.390 e. The number of fused-ring (bicyclic) bond motifs is 1. The van der Waals surface area contributed by atoms with Crippen molar-refractivity contribution >= 4 is 16.9 Å². The number of nitrogens with zero attached hydrogens (tertiary/aromatic N) is 3. The number of nitrogens with two attached hydrogens (primary N) is 1. The molecule has 3 aromatic rings. The quantitative estimate of drug-likeness (QED) is 0.629. The number of anilines is 1. The molecule has 1 aliphatic carbocycles. The highest BCUT2D eigenvalue weighted by atomic mass is 16.5. The SMILES string of the molecule is Nc1ncnc2c1ccn2[C@@H]1C[C@]2(CC[C@H](c3ccccc3)OC2)[C@@H](O)[C@H]1O. The Morgan fingerprint density at radius 2 is 1.96 bits per heavy atom. The number of hydrogen-bond donors (Lipinski definition) is 3. The number of aliphatic hydroxyl groups excluding tert-OH is 2. The van der Waals surface area contributed by atoms with E-state index in [1.807, 2.05) is 35.0 Å². The molecule has 5 atom stereocenters. The lowest BCUT2D eigenvalue weighted by molar-refractivity contribution is -0.120. The van der Waals surface area contributed by atoms with Gasteiger partial charge in [-0.25, -0.2) is 9.97 Å². The summed E-state index contributed by atoms with van der Waals surface area (Å²) in [5.74, 6) is 0.415. The van der Waals surface area contributed by atoms with Gasteiger partial charge in [-0.05, 0) is 30.9 Å². The standard InChI is InChI=1S/C21H24N4O3/c22-19-14-7-9-25(20(14)24-12-23-19)15-10-21(18(27)17(15)26)8-6-16(28-11-21)13-4-2-1-3-5-13/h1-5,7,9,12,15-18,26-27H,6,8,10-11H2,(H2,22,23,24)/t15-,16-,17+,18+,21+/m1/s1. The summed E-state index contributed by atoms with van der Waals surface area (Å²) in [6.07, 6.45) is 3.86. The van der Waals surface area contributed by atoms with Crippen LogP contribution >= 0.6 is 0 Å². The van der Waals surface area contributed by atoms with Crippen LogP contribution < -0.4 is 5.73 Å². The van der Waals surface area contributed by atoms with Crippen LogP contribution in [0.5, 0.6) is 0 Å². The lowest BCUT2D eigenvalue weighted by Gasteiger charge is -2.40. The van der Waals surface area contributed by atoms with Gasteiger partial charge in [0, 0.05) is 11.6 Å². The predicted molar refractivity (Wildman–Crippen MR) is 104 cm³/mol. The highest BCUT2D eigenvalue weighted by Gasteiger charge is 2.55. The fourth-order valence-electron chi connectivity index (χ4n) is 4.92. The summed E-state index contributed by atoms with van der Waals surface area (Å²) in [5, 5.41) is 22.5. The van der Waals surface area contributed by atoms with Crippen LogP contribution in [0.1, 0.15) is 37.0 Å². The monoisotopic (exact) mass is 380 g/mol. The molecule has 1 aromatic carbocycles. The van der Waals surface area contributed by atoms with E-state index in [2.05, 4.69) is 22.1 Å². The maximum atomic E-state index is 10.9. The Balaban J connectivity index is 1.40. The number of nitrogen functional groups attached to an aromatic ring is 1. The van der Waals surface area contributed by atoms with E-state index in [1.54, 1.807) is 0 Å². The van der Waals surface area contributed by atoms with Crippen molar-refractivity contribution in [3.63, 3.8) is 0 Å². The van der Waals surface area contributed by atoms with Gasteiger partial charge < -0.3 is 25.3 Å². The Morgan fingerprint density at radius 1 is 1.14 bits per heavy atom. The van der Waals surface area contributed by atoms with E-state index in [0.717, 1.165) is 23.8 Å². The number of ether oxygens (including phenoxy) is 1. The van der Waals surface area contributed by atoms with Gasteiger partial charge in [0.25, 0.3) is 0 Å². The molecule has 1 saturated carbocycles. The molecular weight excluding hydrogens is 356 g/mol. The Morgan fingerprint density at radius 3 is 2.71 bits per heavy atom. The van der Waals surface area contributed by atoms with E-state index >= 15 is 0 Å². The molecule has 1 spiro atoms. The predicted octanol–water partition coefficient (Wildman–Crippen LogP) is 2.22. The van der Waals surface area contributed by atoms with Crippen molar-refractivity contribution in [3.05, 3.63) is 54.5 Å². The number of hydrogen-bond acceptors (Lipinski definition) is 6. The Kier molecular flexibility index (Phi) is 4.12. The van der Waals surface area contributed by atoms with Gasteiger partial charge in [0.1, 0.15) is 23.9 Å². The van der Waals surface area contributed by atoms with Crippen molar-refractivity contribution in [2.75, 3.05) is 12.3 Å². The fraction of sp³-hybridized carbons (Fsp3) is 0.429. The molecule has 7 nitrogen and oxygen atoms in total. The molecule has 2 aromatic heterocycles. The van der Waals surface area contributed by atoms with Crippen molar-refractivity contribution < 1.29 is 14.9 Å². The van der Waals surface area contributed by atoms with Gasteiger partial charge in [0.2, 0.25) is 0 Å². The molecule has 1 aliphatic heterocycles. The number of aliphatic hydroxyl groups is 2. The minimum absolute atomic E-state index is 0.0372. The molecule has 2 fully saturated rings. The van der Waals surface area contributed by atoms with E-state index in [0.29, 0.717) is 24.5 Å². The summed E-state index contributed by atoms with van der Waals surface area (Å²) < 4.78 is 8.08. The van der Waals surface area contributed by atoms with Crippen LogP contribution in [0.4, 0.5) is 5.82 Å². The first-order chi connectivity index (χ1) is 13.6. The largest absolute Gasteiger partial charge is 0.390 e. The molecule has 28 heavy (non-hydrogen) atoms. The molecule has 4 N–H and O–H groups in total. The molecule has 2 aliphatic rings. The van der Waals surface area contributed by atoms with Crippen LogP contribution in [0.25, 0.3) is 11.0 Å². The number of rotatable bonds is 2. The minimum atomic E-state index is -0.885. The topological polar surface area (TPSA) is 106 Å². The molecule has 0 bridgehead atoms. The van der Waals surface area contributed by atoms with E-state index in [-0.39, 0.29) is 12.1 Å². The maximum Gasteiger partial charge on any atom is 0.145 e. The zero-order chi connectivity index (χ0) is 19.3. The summed E-state index contributed by atoms with van der Waals surface area (Å²) in [4.78, 5) is 8.36. The zero-order valence-corrected chi connectivity index (χ0v) is 15.5. The second-order valence-electron chi connectivity index (χ2n) is 8.04. The zero-order valence-electron chi connectivity index (χ0n) is 15.5. The number of benzene rings is 1. The third kappa shape index (κ3) is 2.62. The van der Waals surface area contributed by atoms with Crippen molar-refractivity contribution in [2.24, 2.45) is 5.41 Å². The van der Waals surface area contributed by atoms with Crippen molar-refractivity contribution in [3.8, 4) is 0 Å². The highest BCUT2D eigenvalue weighted by molar-refractivity contribution is 5.86. The fourth-order valence-corrected chi connectivity index (χ4v) is 4.92. The van der Waals surface area contributed by atoms with Crippen LogP contribution in [0.15, 0.2) is 48.9 Å². The average Bonchev–Trinajstić information content (AvgIpc) is 3.26. The van der Waals surface area contributed by atoms with E-state index < -0.39 is 17.6 Å². The molecule has 146 valence electrons. The Labute approximate surface area is 162 Å². The Hall–Kier alpha value is -2.48. The van der Waals surface area contributed by atoms with Crippen LogP contribution in [0, 0.1) is 5.41 Å². The van der Waals surface area contributed by atoms with Crippen molar-refractivity contribution in [1.29, 1.82) is 0 Å². The second kappa shape index (κ2) is 6.55. The summed E-state index contributed by atoms with van der Waals surface area (Å²) in [6, 6.07) is 11.7. The lowest BCUT2D eigenvalue weighted by Crippen LogP contribution is -2.42. The second-order valence-corrected chi connectivity index (χ2v) is 8.04. The lowest BCUT2D eigenvalue weighted by atomic mass is 9.77. The van der Waals surface area contributed by atoms with Crippen molar-refractivity contribution in [2.45, 2.75) is 43.6 Å². The first-order valence-corrected chi connectivity index (χ1v) is 9.69. The summed E-state index contributed by atoms with van der Waals surface area (Å²) in [7, 11) is 0.